The van der Waals surface area contributed by atoms with Crippen molar-refractivity contribution in [2.75, 3.05) is 13.2 Å². The number of allylic oxidation sites excluding steroid dienone is 2. The van der Waals surface area contributed by atoms with Gasteiger partial charge in [-0.2, -0.15) is 0 Å². The number of cyclic esters (lactones) is 1. The molecule has 2 fully saturated rings. The lowest BCUT2D eigenvalue weighted by molar-refractivity contribution is -0.136. The molecule has 4 heteroatoms. The van der Waals surface area contributed by atoms with Gasteiger partial charge in [-0.15, -0.1) is 0 Å². The lowest BCUT2D eigenvalue weighted by Gasteiger charge is -2.45. The van der Waals surface area contributed by atoms with Crippen LogP contribution >= 0.6 is 0 Å². The number of nitrogens with zero attached hydrogens (tertiary/aromatic N) is 1. The molecule has 1 saturated carbocycles. The highest BCUT2D eigenvalue weighted by Gasteiger charge is 2.48. The number of carbonyl (C=O) groups excluding carboxylic acids is 2. The van der Waals surface area contributed by atoms with Gasteiger partial charge in [0.1, 0.15) is 6.61 Å². The van der Waals surface area contributed by atoms with Crippen LogP contribution in [0.25, 0.3) is 0 Å². The van der Waals surface area contributed by atoms with Crippen LogP contribution < -0.4 is 0 Å². The maximum atomic E-state index is 13.0. The predicted octanol–water partition coefficient (Wildman–Crippen LogP) is 2.96. The molecule has 4 atom stereocenters. The molecule has 1 saturated heterocycles. The van der Waals surface area contributed by atoms with Crippen molar-refractivity contribution in [2.45, 2.75) is 18.8 Å². The highest BCUT2D eigenvalue weighted by atomic mass is 16.6. The summed E-state index contributed by atoms with van der Waals surface area (Å²) < 4.78 is 4.95. The summed E-state index contributed by atoms with van der Waals surface area (Å²) in [5.74, 6) is 0.592. The van der Waals surface area contributed by atoms with Gasteiger partial charge in [-0.1, -0.05) is 42.5 Å². The first-order valence-corrected chi connectivity index (χ1v) is 7.97. The third-order valence-electron chi connectivity index (χ3n) is 5.24. The molecule has 2 bridgehead atoms. The molecule has 0 spiro atoms. The molecule has 0 aromatic heterocycles. The fourth-order valence-electron chi connectivity index (χ4n) is 4.23. The van der Waals surface area contributed by atoms with Crippen LogP contribution in [0.1, 0.15) is 24.3 Å². The van der Waals surface area contributed by atoms with E-state index >= 15 is 0 Å². The van der Waals surface area contributed by atoms with Gasteiger partial charge >= 0.3 is 6.09 Å². The number of imide groups is 1. The SMILES string of the molecule is O=C1OCCN1C(=O)[C@H]1[C@H](c2ccccc2)[C@H]2C=C[C@@H]1CC2. The summed E-state index contributed by atoms with van der Waals surface area (Å²) in [6.07, 6.45) is 6.11. The first kappa shape index (κ1) is 13.6. The standard InChI is InChI=1S/C18H19NO3/c20-17(19-10-11-22-18(19)21)16-14-8-6-13(7-9-14)15(16)12-4-2-1-3-5-12/h1-6,8,13-16H,7,9-11H2/t13-,14+,15+,16+/m0/s1. The predicted molar refractivity (Wildman–Crippen MR) is 81.1 cm³/mol. The van der Waals surface area contributed by atoms with Crippen LogP contribution in [0, 0.1) is 17.8 Å². The minimum Gasteiger partial charge on any atom is -0.447 e. The second-order valence-corrected chi connectivity index (χ2v) is 6.36. The molecule has 1 aromatic carbocycles. The number of carbonyl (C=O) groups is 2. The van der Waals surface area contributed by atoms with Crippen LogP contribution in [0.3, 0.4) is 0 Å². The van der Waals surface area contributed by atoms with E-state index in [2.05, 4.69) is 24.3 Å². The van der Waals surface area contributed by atoms with Gasteiger partial charge in [0.05, 0.1) is 12.5 Å². The van der Waals surface area contributed by atoms with E-state index < -0.39 is 6.09 Å². The van der Waals surface area contributed by atoms with Crippen LogP contribution in [0.5, 0.6) is 0 Å². The van der Waals surface area contributed by atoms with E-state index in [-0.39, 0.29) is 23.7 Å². The average molecular weight is 297 g/mol. The molecule has 1 aliphatic heterocycles. The second-order valence-electron chi connectivity index (χ2n) is 6.36. The minimum atomic E-state index is -0.484. The Morgan fingerprint density at radius 2 is 1.82 bits per heavy atom. The van der Waals surface area contributed by atoms with Gasteiger partial charge in [-0.25, -0.2) is 9.69 Å². The van der Waals surface area contributed by atoms with E-state index in [4.69, 9.17) is 4.74 Å². The Bertz CT molecular complexity index is 624. The molecule has 114 valence electrons. The number of fused-ring (bicyclic) bond motifs is 2. The van der Waals surface area contributed by atoms with Crippen LogP contribution in [-0.2, 0) is 9.53 Å². The van der Waals surface area contributed by atoms with E-state index in [0.717, 1.165) is 12.8 Å². The minimum absolute atomic E-state index is 0.0598. The van der Waals surface area contributed by atoms with Crippen LogP contribution in [0.4, 0.5) is 4.79 Å². The van der Waals surface area contributed by atoms with Gasteiger partial charge in [0, 0.05) is 5.92 Å². The van der Waals surface area contributed by atoms with Gasteiger partial charge in [0.15, 0.2) is 0 Å². The first-order valence-electron chi connectivity index (χ1n) is 7.97. The number of ether oxygens (including phenoxy) is 1. The second kappa shape index (κ2) is 5.27. The van der Waals surface area contributed by atoms with Gasteiger partial charge in [0.2, 0.25) is 5.91 Å². The summed E-state index contributed by atoms with van der Waals surface area (Å²) in [6, 6.07) is 10.2. The fraction of sp³-hybridized carbons (Fsp3) is 0.444. The molecular formula is C18H19NO3. The van der Waals surface area contributed by atoms with Crippen molar-refractivity contribution in [3.8, 4) is 0 Å². The van der Waals surface area contributed by atoms with E-state index in [9.17, 15) is 9.59 Å². The summed E-state index contributed by atoms with van der Waals surface area (Å²) in [5.41, 5.74) is 1.20. The van der Waals surface area contributed by atoms with Crippen molar-refractivity contribution in [1.82, 2.24) is 4.90 Å². The van der Waals surface area contributed by atoms with Crippen molar-refractivity contribution >= 4 is 12.0 Å². The van der Waals surface area contributed by atoms with E-state index in [0.29, 0.717) is 19.1 Å². The topological polar surface area (TPSA) is 46.6 Å². The smallest absolute Gasteiger partial charge is 0.416 e. The van der Waals surface area contributed by atoms with E-state index in [1.54, 1.807) is 0 Å². The zero-order valence-corrected chi connectivity index (χ0v) is 12.4. The Hall–Kier alpha value is -2.10. The van der Waals surface area contributed by atoms with Gasteiger partial charge in [0.25, 0.3) is 0 Å². The van der Waals surface area contributed by atoms with Crippen molar-refractivity contribution in [3.63, 3.8) is 0 Å². The molecule has 4 aliphatic rings. The number of hydrogen-bond donors (Lipinski definition) is 0. The molecule has 5 rings (SSSR count). The summed E-state index contributed by atoms with van der Waals surface area (Å²) in [7, 11) is 0. The number of hydrogen-bond acceptors (Lipinski definition) is 3. The monoisotopic (exact) mass is 297 g/mol. The Kier molecular flexibility index (Phi) is 3.25. The van der Waals surface area contributed by atoms with Crippen molar-refractivity contribution in [3.05, 3.63) is 48.0 Å². The maximum absolute atomic E-state index is 13.0. The van der Waals surface area contributed by atoms with Gasteiger partial charge in [-0.05, 0) is 30.2 Å². The molecule has 4 nitrogen and oxygen atoms in total. The van der Waals surface area contributed by atoms with Crippen LogP contribution in [0.2, 0.25) is 0 Å². The molecule has 0 N–H and O–H groups in total. The normalized spacial score (nSPS) is 33.1. The lowest BCUT2D eigenvalue weighted by Crippen LogP contribution is -2.47. The molecule has 1 heterocycles. The Morgan fingerprint density at radius 3 is 2.45 bits per heavy atom. The van der Waals surface area contributed by atoms with Gasteiger partial charge in [-0.3, -0.25) is 4.79 Å². The van der Waals surface area contributed by atoms with E-state index in [1.165, 1.54) is 10.5 Å². The van der Waals surface area contributed by atoms with Crippen molar-refractivity contribution in [2.24, 2.45) is 17.8 Å². The third kappa shape index (κ3) is 2.05. The summed E-state index contributed by atoms with van der Waals surface area (Å²) in [5, 5.41) is 0. The summed E-state index contributed by atoms with van der Waals surface area (Å²) in [4.78, 5) is 26.0. The number of rotatable bonds is 2. The summed E-state index contributed by atoms with van der Waals surface area (Å²) in [6.45, 7) is 0.702. The molecule has 0 unspecified atom stereocenters. The first-order chi connectivity index (χ1) is 10.8. The lowest BCUT2D eigenvalue weighted by atomic mass is 9.60. The number of benzene rings is 1. The van der Waals surface area contributed by atoms with Gasteiger partial charge < -0.3 is 4.74 Å². The molecule has 0 radical (unpaired) electrons. The maximum Gasteiger partial charge on any atom is 0.416 e. The quantitative estimate of drug-likeness (QED) is 0.788. The van der Waals surface area contributed by atoms with Crippen molar-refractivity contribution in [1.29, 1.82) is 0 Å². The zero-order valence-electron chi connectivity index (χ0n) is 12.4. The average Bonchev–Trinajstić information content (AvgIpc) is 3.01. The molecule has 2 amide bonds. The highest BCUT2D eigenvalue weighted by molar-refractivity contribution is 5.95. The number of amides is 2. The third-order valence-corrected chi connectivity index (χ3v) is 5.24. The Labute approximate surface area is 129 Å². The van der Waals surface area contributed by atoms with Crippen molar-refractivity contribution < 1.29 is 14.3 Å². The van der Waals surface area contributed by atoms with Crippen LogP contribution in [0.15, 0.2) is 42.5 Å². The summed E-state index contributed by atoms with van der Waals surface area (Å²) >= 11 is 0. The molecule has 1 aromatic rings. The Morgan fingerprint density at radius 1 is 1.09 bits per heavy atom. The zero-order chi connectivity index (χ0) is 15.1. The Balaban J connectivity index is 1.70. The van der Waals surface area contributed by atoms with Crippen LogP contribution in [-0.4, -0.2) is 30.1 Å². The largest absolute Gasteiger partial charge is 0.447 e. The fourth-order valence-corrected chi connectivity index (χ4v) is 4.23. The molecule has 3 aliphatic carbocycles. The molecular weight excluding hydrogens is 278 g/mol. The highest BCUT2D eigenvalue weighted by Crippen LogP contribution is 2.50. The molecule has 22 heavy (non-hydrogen) atoms. The van der Waals surface area contributed by atoms with E-state index in [1.807, 2.05) is 18.2 Å².